The number of fused-ring (bicyclic) bond motifs is 1. The minimum absolute atomic E-state index is 0. The molecule has 0 amide bonds. The highest BCUT2D eigenvalue weighted by Crippen LogP contribution is 2.30. The lowest BCUT2D eigenvalue weighted by Gasteiger charge is -2.15. The standard InChI is InChI=1S/C22H26N4O2.HI/c1-4-28-19-11-10-18(15-20(19)27-3)26-22(23-2)25-14-12-17-8-5-7-16-9-6-13-24-21(16)17;/h5-11,13,15H,4,12,14H2,1-3H3,(H2,23,25,26);1H. The molecule has 0 saturated heterocycles. The predicted octanol–water partition coefficient (Wildman–Crippen LogP) is 4.49. The molecule has 0 fully saturated rings. The lowest BCUT2D eigenvalue weighted by Crippen LogP contribution is -2.32. The van der Waals surface area contributed by atoms with E-state index in [0.717, 1.165) is 35.3 Å². The van der Waals surface area contributed by atoms with Gasteiger partial charge < -0.3 is 20.1 Å². The van der Waals surface area contributed by atoms with Crippen molar-refractivity contribution in [2.75, 3.05) is 32.6 Å². The molecule has 1 aromatic heterocycles. The number of hydrogen-bond donors (Lipinski definition) is 2. The van der Waals surface area contributed by atoms with Crippen LogP contribution in [0.25, 0.3) is 10.9 Å². The Labute approximate surface area is 188 Å². The molecular weight excluding hydrogens is 479 g/mol. The average molecular weight is 506 g/mol. The molecule has 7 heteroatoms. The van der Waals surface area contributed by atoms with Gasteiger partial charge in [-0.25, -0.2) is 0 Å². The van der Waals surface area contributed by atoms with E-state index in [9.17, 15) is 0 Å². The highest BCUT2D eigenvalue weighted by molar-refractivity contribution is 14.0. The molecule has 3 rings (SSSR count). The molecule has 0 spiro atoms. The Morgan fingerprint density at radius 2 is 1.93 bits per heavy atom. The number of pyridine rings is 1. The third kappa shape index (κ3) is 5.96. The largest absolute Gasteiger partial charge is 0.493 e. The quantitative estimate of drug-likeness (QED) is 0.281. The van der Waals surface area contributed by atoms with Gasteiger partial charge in [0, 0.05) is 36.9 Å². The SMILES string of the molecule is CCOc1ccc(NC(=NC)NCCc2cccc3cccnc23)cc1OC.I. The van der Waals surface area contributed by atoms with Gasteiger partial charge in [0.05, 0.1) is 19.2 Å². The van der Waals surface area contributed by atoms with E-state index in [2.05, 4.69) is 44.9 Å². The highest BCUT2D eigenvalue weighted by atomic mass is 127. The van der Waals surface area contributed by atoms with Gasteiger partial charge in [-0.05, 0) is 37.1 Å². The predicted molar refractivity (Wildman–Crippen MR) is 130 cm³/mol. The molecule has 0 saturated carbocycles. The Bertz CT molecular complexity index is 957. The maximum atomic E-state index is 5.56. The first-order valence-electron chi connectivity index (χ1n) is 9.36. The monoisotopic (exact) mass is 506 g/mol. The van der Waals surface area contributed by atoms with Crippen molar-refractivity contribution < 1.29 is 9.47 Å². The minimum atomic E-state index is 0. The zero-order valence-corrected chi connectivity index (χ0v) is 19.3. The zero-order chi connectivity index (χ0) is 19.8. The number of methoxy groups -OCH3 is 1. The molecule has 29 heavy (non-hydrogen) atoms. The summed E-state index contributed by atoms with van der Waals surface area (Å²) in [6.45, 7) is 3.28. The third-order valence-corrected chi connectivity index (χ3v) is 4.35. The van der Waals surface area contributed by atoms with Crippen LogP contribution in [-0.4, -0.2) is 38.3 Å². The summed E-state index contributed by atoms with van der Waals surface area (Å²) in [5.74, 6) is 2.10. The van der Waals surface area contributed by atoms with Crippen molar-refractivity contribution in [3.8, 4) is 11.5 Å². The number of aromatic nitrogens is 1. The molecule has 0 atom stereocenters. The van der Waals surface area contributed by atoms with Crippen LogP contribution in [0, 0.1) is 0 Å². The van der Waals surface area contributed by atoms with Crippen LogP contribution in [0.1, 0.15) is 12.5 Å². The third-order valence-electron chi connectivity index (χ3n) is 4.35. The number of aliphatic imine (C=N–C) groups is 1. The number of guanidine groups is 1. The summed E-state index contributed by atoms with van der Waals surface area (Å²) >= 11 is 0. The molecule has 0 aliphatic rings. The first kappa shape index (κ1) is 22.7. The molecule has 2 aromatic carbocycles. The van der Waals surface area contributed by atoms with E-state index in [1.165, 1.54) is 5.56 Å². The number of nitrogens with one attached hydrogen (secondary N) is 2. The molecule has 1 heterocycles. The number of rotatable bonds is 7. The first-order chi connectivity index (χ1) is 13.7. The van der Waals surface area contributed by atoms with Crippen LogP contribution in [-0.2, 0) is 6.42 Å². The lowest BCUT2D eigenvalue weighted by atomic mass is 10.1. The highest BCUT2D eigenvalue weighted by Gasteiger charge is 2.07. The van der Waals surface area contributed by atoms with Gasteiger partial charge in [0.25, 0.3) is 0 Å². The fourth-order valence-corrected chi connectivity index (χ4v) is 3.02. The van der Waals surface area contributed by atoms with Crippen molar-refractivity contribution in [2.45, 2.75) is 13.3 Å². The minimum Gasteiger partial charge on any atom is -0.493 e. The van der Waals surface area contributed by atoms with Crippen LogP contribution in [0.2, 0.25) is 0 Å². The molecular formula is C22H27IN4O2. The van der Waals surface area contributed by atoms with Gasteiger partial charge in [0.2, 0.25) is 0 Å². The molecule has 2 N–H and O–H groups in total. The van der Waals surface area contributed by atoms with Crippen molar-refractivity contribution in [3.05, 3.63) is 60.3 Å². The first-order valence-corrected chi connectivity index (χ1v) is 9.36. The van der Waals surface area contributed by atoms with Crippen LogP contribution >= 0.6 is 24.0 Å². The van der Waals surface area contributed by atoms with Crippen molar-refractivity contribution in [1.82, 2.24) is 10.3 Å². The van der Waals surface area contributed by atoms with Crippen molar-refractivity contribution >= 4 is 46.5 Å². The van der Waals surface area contributed by atoms with E-state index in [4.69, 9.17) is 9.47 Å². The molecule has 0 bridgehead atoms. The van der Waals surface area contributed by atoms with Crippen molar-refractivity contribution in [2.24, 2.45) is 4.99 Å². The maximum Gasteiger partial charge on any atom is 0.195 e. The Kier molecular flexibility index (Phi) is 8.98. The van der Waals surface area contributed by atoms with E-state index in [1.807, 2.05) is 37.4 Å². The topological polar surface area (TPSA) is 67.8 Å². The summed E-state index contributed by atoms with van der Waals surface area (Å²) in [5.41, 5.74) is 3.13. The van der Waals surface area contributed by atoms with E-state index < -0.39 is 0 Å². The average Bonchev–Trinajstić information content (AvgIpc) is 2.74. The summed E-state index contributed by atoms with van der Waals surface area (Å²) in [5, 5.41) is 7.79. The Morgan fingerprint density at radius 1 is 1.10 bits per heavy atom. The fourth-order valence-electron chi connectivity index (χ4n) is 3.02. The molecule has 0 aliphatic carbocycles. The van der Waals surface area contributed by atoms with Gasteiger partial charge in [-0.1, -0.05) is 24.3 Å². The summed E-state index contributed by atoms with van der Waals surface area (Å²) in [4.78, 5) is 8.81. The number of ether oxygens (including phenoxy) is 2. The molecule has 0 radical (unpaired) electrons. The van der Waals surface area contributed by atoms with E-state index >= 15 is 0 Å². The number of anilines is 1. The molecule has 6 nitrogen and oxygen atoms in total. The maximum absolute atomic E-state index is 5.56. The van der Waals surface area contributed by atoms with E-state index in [0.29, 0.717) is 18.3 Å². The Morgan fingerprint density at radius 3 is 2.69 bits per heavy atom. The second-order valence-corrected chi connectivity index (χ2v) is 6.16. The fraction of sp³-hybridized carbons (Fsp3) is 0.273. The number of hydrogen-bond acceptors (Lipinski definition) is 4. The number of halogens is 1. The second-order valence-electron chi connectivity index (χ2n) is 6.16. The van der Waals surface area contributed by atoms with Crippen LogP contribution < -0.4 is 20.1 Å². The summed E-state index contributed by atoms with van der Waals surface area (Å²) in [7, 11) is 3.38. The second kappa shape index (κ2) is 11.5. The Balaban J connectivity index is 0.00000300. The summed E-state index contributed by atoms with van der Waals surface area (Å²) in [6.07, 6.45) is 2.68. The lowest BCUT2D eigenvalue weighted by molar-refractivity contribution is 0.311. The van der Waals surface area contributed by atoms with Crippen LogP contribution in [0.5, 0.6) is 11.5 Å². The number of para-hydroxylation sites is 1. The molecule has 154 valence electrons. The van der Waals surface area contributed by atoms with E-state index in [-0.39, 0.29) is 24.0 Å². The van der Waals surface area contributed by atoms with Gasteiger partial charge in [0.15, 0.2) is 17.5 Å². The Hall–Kier alpha value is -2.55. The van der Waals surface area contributed by atoms with Gasteiger partial charge >= 0.3 is 0 Å². The van der Waals surface area contributed by atoms with Gasteiger partial charge in [0.1, 0.15) is 0 Å². The van der Waals surface area contributed by atoms with Crippen LogP contribution in [0.15, 0.2) is 59.7 Å². The summed E-state index contributed by atoms with van der Waals surface area (Å²) < 4.78 is 11.0. The summed E-state index contributed by atoms with van der Waals surface area (Å²) in [6, 6.07) is 16.0. The zero-order valence-electron chi connectivity index (χ0n) is 16.9. The van der Waals surface area contributed by atoms with Crippen LogP contribution in [0.4, 0.5) is 5.69 Å². The van der Waals surface area contributed by atoms with E-state index in [1.54, 1.807) is 14.2 Å². The normalized spacial score (nSPS) is 10.9. The number of nitrogens with zero attached hydrogens (tertiary/aromatic N) is 2. The molecule has 0 aliphatic heterocycles. The van der Waals surface area contributed by atoms with Gasteiger partial charge in [-0.2, -0.15) is 0 Å². The molecule has 3 aromatic rings. The number of benzene rings is 2. The van der Waals surface area contributed by atoms with Crippen LogP contribution in [0.3, 0.4) is 0 Å². The molecule has 0 unspecified atom stereocenters. The smallest absolute Gasteiger partial charge is 0.195 e. The van der Waals surface area contributed by atoms with Crippen molar-refractivity contribution in [3.63, 3.8) is 0 Å². The van der Waals surface area contributed by atoms with Gasteiger partial charge in [-0.3, -0.25) is 9.98 Å². The van der Waals surface area contributed by atoms with Gasteiger partial charge in [-0.15, -0.1) is 24.0 Å². The van der Waals surface area contributed by atoms with Crippen molar-refractivity contribution in [1.29, 1.82) is 0 Å².